The van der Waals surface area contributed by atoms with E-state index in [-0.39, 0.29) is 4.90 Å². The molecule has 1 heterocycles. The fraction of sp³-hybridized carbons (Fsp3) is 0.188. The highest BCUT2D eigenvalue weighted by Gasteiger charge is 2.16. The summed E-state index contributed by atoms with van der Waals surface area (Å²) in [5.41, 5.74) is 3.95. The summed E-state index contributed by atoms with van der Waals surface area (Å²) >= 11 is 0. The van der Waals surface area contributed by atoms with Crippen molar-refractivity contribution < 1.29 is 8.42 Å². The zero-order chi connectivity index (χ0) is 15.9. The van der Waals surface area contributed by atoms with E-state index < -0.39 is 10.0 Å². The number of nitrogens with zero attached hydrogens (tertiary/aromatic N) is 1. The summed E-state index contributed by atoms with van der Waals surface area (Å²) in [4.78, 5) is 7.54. The number of sulfonamides is 1. The van der Waals surface area contributed by atoms with Crippen molar-refractivity contribution in [3.8, 4) is 0 Å². The van der Waals surface area contributed by atoms with E-state index in [2.05, 4.69) is 14.7 Å². The van der Waals surface area contributed by atoms with E-state index >= 15 is 0 Å². The summed E-state index contributed by atoms with van der Waals surface area (Å²) in [6.07, 6.45) is 0. The molecule has 1 aromatic heterocycles. The molecule has 0 saturated carbocycles. The third-order valence-corrected chi connectivity index (χ3v) is 4.88. The van der Waals surface area contributed by atoms with Gasteiger partial charge in [0.05, 0.1) is 21.6 Å². The zero-order valence-corrected chi connectivity index (χ0v) is 13.5. The topological polar surface area (TPSA) is 74.8 Å². The Kier molecular flexibility index (Phi) is 3.41. The number of benzene rings is 2. The molecule has 0 saturated heterocycles. The Balaban J connectivity index is 2.02. The van der Waals surface area contributed by atoms with Gasteiger partial charge in [0.1, 0.15) is 5.82 Å². The van der Waals surface area contributed by atoms with Gasteiger partial charge in [-0.3, -0.25) is 4.72 Å². The average molecular weight is 315 g/mol. The molecule has 0 aliphatic carbocycles. The van der Waals surface area contributed by atoms with Crippen LogP contribution in [-0.2, 0) is 10.0 Å². The highest BCUT2D eigenvalue weighted by molar-refractivity contribution is 7.92. The largest absolute Gasteiger partial charge is 0.342 e. The number of fused-ring (bicyclic) bond motifs is 1. The number of H-pyrrole nitrogens is 1. The van der Waals surface area contributed by atoms with Gasteiger partial charge in [0.2, 0.25) is 0 Å². The Bertz CT molecular complexity index is 959. The average Bonchev–Trinajstić information content (AvgIpc) is 2.81. The van der Waals surface area contributed by atoms with Gasteiger partial charge in [-0.05, 0) is 56.2 Å². The molecular weight excluding hydrogens is 298 g/mol. The molecule has 0 spiro atoms. The van der Waals surface area contributed by atoms with E-state index in [9.17, 15) is 8.42 Å². The number of hydrogen-bond donors (Lipinski definition) is 2. The Morgan fingerprint density at radius 2 is 1.82 bits per heavy atom. The van der Waals surface area contributed by atoms with Gasteiger partial charge in [-0.2, -0.15) is 0 Å². The van der Waals surface area contributed by atoms with Crippen molar-refractivity contribution >= 4 is 26.7 Å². The Labute approximate surface area is 129 Å². The molecular formula is C16H17N3O2S. The molecule has 0 bridgehead atoms. The van der Waals surface area contributed by atoms with Crippen LogP contribution in [0.3, 0.4) is 0 Å². The van der Waals surface area contributed by atoms with Crippen LogP contribution in [0.2, 0.25) is 0 Å². The lowest BCUT2D eigenvalue weighted by Crippen LogP contribution is -2.13. The van der Waals surface area contributed by atoms with Crippen LogP contribution in [0.15, 0.2) is 41.3 Å². The SMILES string of the molecule is Cc1ccc(C)c(NS(=O)(=O)c2ccc3nc(C)[nH]c3c2)c1. The number of rotatable bonds is 3. The van der Waals surface area contributed by atoms with Crippen LogP contribution in [0.5, 0.6) is 0 Å². The molecule has 0 amide bonds. The molecule has 6 heteroatoms. The van der Waals surface area contributed by atoms with Crippen LogP contribution in [0.4, 0.5) is 5.69 Å². The lowest BCUT2D eigenvalue weighted by molar-refractivity contribution is 0.601. The summed E-state index contributed by atoms with van der Waals surface area (Å²) in [5.74, 6) is 0.757. The van der Waals surface area contributed by atoms with Crippen LogP contribution in [0, 0.1) is 20.8 Å². The summed E-state index contributed by atoms with van der Waals surface area (Å²) in [6.45, 7) is 5.64. The number of aromatic amines is 1. The van der Waals surface area contributed by atoms with Gasteiger partial charge >= 0.3 is 0 Å². The summed E-state index contributed by atoms with van der Waals surface area (Å²) in [6, 6.07) is 10.5. The van der Waals surface area contributed by atoms with Gasteiger partial charge in [0, 0.05) is 0 Å². The summed E-state index contributed by atoms with van der Waals surface area (Å²) < 4.78 is 27.8. The highest BCUT2D eigenvalue weighted by Crippen LogP contribution is 2.23. The van der Waals surface area contributed by atoms with Crippen molar-refractivity contribution in [1.82, 2.24) is 9.97 Å². The molecule has 0 unspecified atom stereocenters. The normalized spacial score (nSPS) is 11.8. The van der Waals surface area contributed by atoms with E-state index in [0.29, 0.717) is 11.2 Å². The third kappa shape index (κ3) is 2.69. The first-order chi connectivity index (χ1) is 10.3. The zero-order valence-electron chi connectivity index (χ0n) is 12.6. The predicted octanol–water partition coefficient (Wildman–Crippen LogP) is 3.29. The van der Waals surface area contributed by atoms with Crippen molar-refractivity contribution in [3.05, 3.63) is 53.3 Å². The van der Waals surface area contributed by atoms with Crippen molar-refractivity contribution in [1.29, 1.82) is 0 Å². The number of aryl methyl sites for hydroxylation is 3. The molecule has 114 valence electrons. The van der Waals surface area contributed by atoms with E-state index in [4.69, 9.17) is 0 Å². The quantitative estimate of drug-likeness (QED) is 0.779. The number of anilines is 1. The second-order valence-corrected chi connectivity index (χ2v) is 7.11. The molecule has 3 aromatic rings. The van der Waals surface area contributed by atoms with Crippen LogP contribution in [0.25, 0.3) is 11.0 Å². The molecule has 22 heavy (non-hydrogen) atoms. The second kappa shape index (κ2) is 5.14. The van der Waals surface area contributed by atoms with Crippen LogP contribution >= 0.6 is 0 Å². The maximum absolute atomic E-state index is 12.6. The number of hydrogen-bond acceptors (Lipinski definition) is 3. The Morgan fingerprint density at radius 1 is 1.05 bits per heavy atom. The van der Waals surface area contributed by atoms with Crippen LogP contribution < -0.4 is 4.72 Å². The van der Waals surface area contributed by atoms with Crippen molar-refractivity contribution in [2.75, 3.05) is 4.72 Å². The van der Waals surface area contributed by atoms with Gasteiger partial charge in [-0.1, -0.05) is 12.1 Å². The van der Waals surface area contributed by atoms with Gasteiger partial charge in [-0.15, -0.1) is 0 Å². The number of imidazole rings is 1. The standard InChI is InChI=1S/C16H17N3O2S/c1-10-4-5-11(2)15(8-10)19-22(20,21)13-6-7-14-16(9-13)18-12(3)17-14/h4-9,19H,1-3H3,(H,17,18). The Morgan fingerprint density at radius 3 is 2.59 bits per heavy atom. The summed E-state index contributed by atoms with van der Waals surface area (Å²) in [5, 5.41) is 0. The van der Waals surface area contributed by atoms with E-state index in [1.54, 1.807) is 18.2 Å². The first-order valence-electron chi connectivity index (χ1n) is 6.91. The highest BCUT2D eigenvalue weighted by atomic mass is 32.2. The molecule has 0 radical (unpaired) electrons. The van der Waals surface area contributed by atoms with Crippen molar-refractivity contribution in [2.24, 2.45) is 0 Å². The lowest BCUT2D eigenvalue weighted by Gasteiger charge is -2.11. The van der Waals surface area contributed by atoms with Gasteiger partial charge in [0.25, 0.3) is 10.0 Å². The summed E-state index contributed by atoms with van der Waals surface area (Å²) in [7, 11) is -3.63. The molecule has 0 aliphatic rings. The fourth-order valence-corrected chi connectivity index (χ4v) is 3.48. The maximum Gasteiger partial charge on any atom is 0.261 e. The predicted molar refractivity (Wildman–Crippen MR) is 87.6 cm³/mol. The lowest BCUT2D eigenvalue weighted by atomic mass is 10.1. The minimum Gasteiger partial charge on any atom is -0.342 e. The fourth-order valence-electron chi connectivity index (χ4n) is 2.33. The van der Waals surface area contributed by atoms with E-state index in [0.717, 1.165) is 22.5 Å². The van der Waals surface area contributed by atoms with Gasteiger partial charge in [-0.25, -0.2) is 13.4 Å². The molecule has 0 fully saturated rings. The van der Waals surface area contributed by atoms with E-state index in [1.807, 2.05) is 39.0 Å². The van der Waals surface area contributed by atoms with Gasteiger partial charge < -0.3 is 4.98 Å². The van der Waals surface area contributed by atoms with Crippen molar-refractivity contribution in [2.45, 2.75) is 25.7 Å². The van der Waals surface area contributed by atoms with Gasteiger partial charge in [0.15, 0.2) is 0 Å². The van der Waals surface area contributed by atoms with E-state index in [1.165, 1.54) is 0 Å². The van der Waals surface area contributed by atoms with Crippen LogP contribution in [-0.4, -0.2) is 18.4 Å². The second-order valence-electron chi connectivity index (χ2n) is 5.43. The molecule has 5 nitrogen and oxygen atoms in total. The minimum absolute atomic E-state index is 0.213. The molecule has 2 N–H and O–H groups in total. The molecule has 0 aliphatic heterocycles. The first-order valence-corrected chi connectivity index (χ1v) is 8.40. The Hall–Kier alpha value is -2.34. The molecule has 3 rings (SSSR count). The van der Waals surface area contributed by atoms with Crippen LogP contribution in [0.1, 0.15) is 17.0 Å². The monoisotopic (exact) mass is 315 g/mol. The number of nitrogens with one attached hydrogen (secondary N) is 2. The molecule has 2 aromatic carbocycles. The third-order valence-electron chi connectivity index (χ3n) is 3.52. The minimum atomic E-state index is -3.63. The number of aromatic nitrogens is 2. The first kappa shape index (κ1) is 14.6. The molecule has 0 atom stereocenters. The maximum atomic E-state index is 12.6. The van der Waals surface area contributed by atoms with Crippen molar-refractivity contribution in [3.63, 3.8) is 0 Å². The smallest absolute Gasteiger partial charge is 0.261 e.